The molecule has 3 N–H and O–H groups in total. The van der Waals surface area contributed by atoms with Gasteiger partial charge in [0.2, 0.25) is 6.29 Å². The van der Waals surface area contributed by atoms with Gasteiger partial charge in [-0.1, -0.05) is 6.58 Å². The highest BCUT2D eigenvalue weighted by Gasteiger charge is 2.13. The fourth-order valence-electron chi connectivity index (χ4n) is 0.279. The molecule has 4 heteroatoms. The van der Waals surface area contributed by atoms with Crippen LogP contribution in [0.4, 0.5) is 0 Å². The van der Waals surface area contributed by atoms with Gasteiger partial charge in [-0.2, -0.15) is 0 Å². The zero-order valence-corrected chi connectivity index (χ0v) is 4.90. The third kappa shape index (κ3) is 3.07. The number of rotatable bonds is 4. The Morgan fingerprint density at radius 3 is 2.44 bits per heavy atom. The Bertz CT molecular complexity index is 83.0. The van der Waals surface area contributed by atoms with Crippen molar-refractivity contribution in [3.05, 3.63) is 12.8 Å². The van der Waals surface area contributed by atoms with Gasteiger partial charge in [0, 0.05) is 0 Å². The van der Waals surface area contributed by atoms with E-state index in [-0.39, 0.29) is 0 Å². The van der Waals surface area contributed by atoms with E-state index < -0.39 is 19.0 Å². The first-order valence-corrected chi connectivity index (χ1v) is 2.45. The highest BCUT2D eigenvalue weighted by atomic mass is 16.6. The fraction of sp³-hybridized carbons (Fsp3) is 0.600. The summed E-state index contributed by atoms with van der Waals surface area (Å²) in [4.78, 5) is 0. The van der Waals surface area contributed by atoms with Crippen LogP contribution in [0.2, 0.25) is 0 Å². The monoisotopic (exact) mass is 134 g/mol. The normalized spacial score (nSPS) is 16.3. The predicted molar refractivity (Wildman–Crippen MR) is 30.4 cm³/mol. The van der Waals surface area contributed by atoms with Crippen molar-refractivity contribution in [2.75, 3.05) is 6.61 Å². The second kappa shape index (κ2) is 4.31. The van der Waals surface area contributed by atoms with E-state index in [1.807, 2.05) is 0 Å². The first-order chi connectivity index (χ1) is 4.22. The average Bonchev–Trinajstić information content (AvgIpc) is 1.87. The smallest absolute Gasteiger partial charge is 0.225 e. The van der Waals surface area contributed by atoms with Crippen molar-refractivity contribution in [1.82, 2.24) is 0 Å². The molecule has 0 aliphatic heterocycles. The Labute approximate surface area is 53.0 Å². The van der Waals surface area contributed by atoms with E-state index in [9.17, 15) is 0 Å². The van der Waals surface area contributed by atoms with Gasteiger partial charge in [0.15, 0.2) is 0 Å². The minimum absolute atomic E-state index is 0.533. The van der Waals surface area contributed by atoms with E-state index in [0.717, 1.165) is 6.26 Å². The molecule has 0 aliphatic carbocycles. The topological polar surface area (TPSA) is 69.9 Å². The first-order valence-electron chi connectivity index (χ1n) is 2.45. The predicted octanol–water partition coefficient (Wildman–Crippen LogP) is -1.18. The Kier molecular flexibility index (Phi) is 4.04. The second-order valence-corrected chi connectivity index (χ2v) is 1.44. The standard InChI is InChI=1S/C5H10O4/c1-2-9-5(8)4(7)3-6/h2,4-8H,1,3H2. The molecule has 0 saturated carbocycles. The maximum atomic E-state index is 8.61. The van der Waals surface area contributed by atoms with E-state index in [1.54, 1.807) is 0 Å². The molecule has 4 nitrogen and oxygen atoms in total. The molecule has 0 amide bonds. The summed E-state index contributed by atoms with van der Waals surface area (Å²) in [5, 5.41) is 25.4. The zero-order valence-electron chi connectivity index (χ0n) is 4.90. The van der Waals surface area contributed by atoms with Crippen LogP contribution in [-0.4, -0.2) is 34.3 Å². The number of hydrogen-bond donors (Lipinski definition) is 3. The highest BCUT2D eigenvalue weighted by molar-refractivity contribution is 4.59. The molecule has 9 heavy (non-hydrogen) atoms. The Morgan fingerprint density at radius 2 is 2.11 bits per heavy atom. The van der Waals surface area contributed by atoms with Crippen LogP contribution in [-0.2, 0) is 4.74 Å². The van der Waals surface area contributed by atoms with Gasteiger partial charge in [-0.25, -0.2) is 0 Å². The summed E-state index contributed by atoms with van der Waals surface area (Å²) < 4.78 is 4.30. The molecule has 0 spiro atoms. The van der Waals surface area contributed by atoms with Crippen LogP contribution in [0.1, 0.15) is 0 Å². The lowest BCUT2D eigenvalue weighted by atomic mass is 10.4. The van der Waals surface area contributed by atoms with E-state index in [4.69, 9.17) is 15.3 Å². The van der Waals surface area contributed by atoms with Crippen LogP contribution in [0.15, 0.2) is 12.8 Å². The lowest BCUT2D eigenvalue weighted by Gasteiger charge is -2.13. The van der Waals surface area contributed by atoms with Crippen molar-refractivity contribution in [3.8, 4) is 0 Å². The molecular weight excluding hydrogens is 124 g/mol. The third-order valence-corrected chi connectivity index (χ3v) is 0.752. The number of ether oxygens (including phenoxy) is 1. The number of hydrogen-bond acceptors (Lipinski definition) is 4. The van der Waals surface area contributed by atoms with Crippen LogP contribution >= 0.6 is 0 Å². The minimum Gasteiger partial charge on any atom is -0.470 e. The minimum atomic E-state index is -1.38. The fourth-order valence-corrected chi connectivity index (χ4v) is 0.279. The molecule has 0 rings (SSSR count). The first kappa shape index (κ1) is 8.42. The maximum absolute atomic E-state index is 8.61. The molecule has 0 aromatic heterocycles. The molecule has 0 fully saturated rings. The Hall–Kier alpha value is -0.580. The van der Waals surface area contributed by atoms with Crippen LogP contribution in [0.5, 0.6) is 0 Å². The van der Waals surface area contributed by atoms with Gasteiger partial charge in [0.05, 0.1) is 12.9 Å². The number of aliphatic hydroxyl groups is 3. The van der Waals surface area contributed by atoms with Crippen LogP contribution in [0.25, 0.3) is 0 Å². The summed E-state index contributed by atoms with van der Waals surface area (Å²) in [5.74, 6) is 0. The molecule has 0 heterocycles. The largest absolute Gasteiger partial charge is 0.470 e. The molecular formula is C5H10O4. The molecule has 0 aromatic carbocycles. The molecule has 0 aromatic rings. The van der Waals surface area contributed by atoms with Crippen molar-refractivity contribution < 1.29 is 20.1 Å². The molecule has 0 saturated heterocycles. The van der Waals surface area contributed by atoms with Crippen molar-refractivity contribution in [2.24, 2.45) is 0 Å². The third-order valence-electron chi connectivity index (χ3n) is 0.752. The summed E-state index contributed by atoms with van der Waals surface area (Å²) >= 11 is 0. The van der Waals surface area contributed by atoms with E-state index >= 15 is 0 Å². The van der Waals surface area contributed by atoms with Gasteiger partial charge < -0.3 is 20.1 Å². The molecule has 0 bridgehead atoms. The van der Waals surface area contributed by atoms with E-state index in [2.05, 4.69) is 11.3 Å². The van der Waals surface area contributed by atoms with E-state index in [0.29, 0.717) is 0 Å². The van der Waals surface area contributed by atoms with Gasteiger partial charge in [-0.15, -0.1) is 0 Å². The summed E-state index contributed by atoms with van der Waals surface area (Å²) in [7, 11) is 0. The average molecular weight is 134 g/mol. The molecule has 2 unspecified atom stereocenters. The summed E-state index contributed by atoms with van der Waals surface area (Å²) in [5.41, 5.74) is 0. The Morgan fingerprint density at radius 1 is 1.56 bits per heavy atom. The molecule has 0 aliphatic rings. The SMILES string of the molecule is C=COC(O)C(O)CO. The van der Waals surface area contributed by atoms with Gasteiger partial charge in [-0.05, 0) is 0 Å². The maximum Gasteiger partial charge on any atom is 0.225 e. The van der Waals surface area contributed by atoms with Crippen molar-refractivity contribution in [2.45, 2.75) is 12.4 Å². The van der Waals surface area contributed by atoms with Crippen molar-refractivity contribution in [1.29, 1.82) is 0 Å². The van der Waals surface area contributed by atoms with E-state index in [1.165, 1.54) is 0 Å². The lowest BCUT2D eigenvalue weighted by Crippen LogP contribution is -2.30. The molecule has 2 atom stereocenters. The van der Waals surface area contributed by atoms with Crippen molar-refractivity contribution in [3.63, 3.8) is 0 Å². The lowest BCUT2D eigenvalue weighted by molar-refractivity contribution is -0.140. The summed E-state index contributed by atoms with van der Waals surface area (Å²) in [6.45, 7) is 2.61. The number of aliphatic hydroxyl groups excluding tert-OH is 3. The van der Waals surface area contributed by atoms with Gasteiger partial charge in [0.1, 0.15) is 6.10 Å². The summed E-state index contributed by atoms with van der Waals surface area (Å²) in [6, 6.07) is 0. The van der Waals surface area contributed by atoms with Crippen LogP contribution in [0.3, 0.4) is 0 Å². The van der Waals surface area contributed by atoms with Gasteiger partial charge in [-0.3, -0.25) is 0 Å². The van der Waals surface area contributed by atoms with Gasteiger partial charge in [0.25, 0.3) is 0 Å². The quantitative estimate of drug-likeness (QED) is 0.334. The van der Waals surface area contributed by atoms with Crippen molar-refractivity contribution >= 4 is 0 Å². The summed E-state index contributed by atoms with van der Waals surface area (Å²) in [6.07, 6.45) is -1.65. The van der Waals surface area contributed by atoms with Crippen LogP contribution in [0, 0.1) is 0 Å². The van der Waals surface area contributed by atoms with Crippen LogP contribution < -0.4 is 0 Å². The molecule has 54 valence electrons. The zero-order chi connectivity index (χ0) is 7.28. The molecule has 0 radical (unpaired) electrons. The second-order valence-electron chi connectivity index (χ2n) is 1.44. The highest BCUT2D eigenvalue weighted by Crippen LogP contribution is 1.93. The Balaban J connectivity index is 3.44. The van der Waals surface area contributed by atoms with Gasteiger partial charge >= 0.3 is 0 Å².